The Labute approximate surface area is 266 Å². The predicted molar refractivity (Wildman–Crippen MR) is 161 cm³/mol. The Kier molecular flexibility index (Phi) is 7.77. The van der Waals surface area contributed by atoms with Crippen LogP contribution in [-0.4, -0.2) is 77.5 Å². The van der Waals surface area contributed by atoms with Crippen LogP contribution in [0.1, 0.15) is 45.6 Å². The number of ether oxygens (including phenoxy) is 4. The third kappa shape index (κ3) is 5.26. The van der Waals surface area contributed by atoms with E-state index in [0.717, 1.165) is 6.07 Å². The van der Waals surface area contributed by atoms with Crippen LogP contribution in [0.15, 0.2) is 36.4 Å². The normalized spacial score (nSPS) is 20.0. The third-order valence-corrected chi connectivity index (χ3v) is 8.47. The third-order valence-electron chi connectivity index (χ3n) is 8.47. The van der Waals surface area contributed by atoms with Gasteiger partial charge in [0.2, 0.25) is 11.5 Å². The van der Waals surface area contributed by atoms with E-state index in [1.807, 2.05) is 0 Å². The maximum Gasteiger partial charge on any atom is 0.202 e. The first-order valence-electron chi connectivity index (χ1n) is 14.3. The molecule has 0 saturated heterocycles. The van der Waals surface area contributed by atoms with Gasteiger partial charge in [0.05, 0.1) is 26.4 Å². The highest BCUT2D eigenvalue weighted by molar-refractivity contribution is 5.64. The van der Waals surface area contributed by atoms with E-state index in [2.05, 4.69) is 0 Å². The lowest BCUT2D eigenvalue weighted by molar-refractivity contribution is 0.0188. The van der Waals surface area contributed by atoms with Crippen molar-refractivity contribution in [3.63, 3.8) is 0 Å². The van der Waals surface area contributed by atoms with Gasteiger partial charge in [-0.15, -0.1) is 0 Å². The molecule has 4 aromatic rings. The maximum absolute atomic E-state index is 11.3. The number of phenols is 8. The Morgan fingerprint density at radius 3 is 1.55 bits per heavy atom. The SMILES string of the molecule is COc1c(O)cc([C@H]2Oc3cc(O)c(Cc4c(O)cc(O)c5c4O[C@H](c4cc(O)c(OC)c(O)c4)[C@@H](O)C5)c(O)c3C[C@@H]2O)cc1O. The van der Waals surface area contributed by atoms with Crippen molar-refractivity contribution in [3.05, 3.63) is 69.8 Å². The van der Waals surface area contributed by atoms with Crippen molar-refractivity contribution in [2.45, 2.75) is 43.7 Å². The fraction of sp³-hybridized carbons (Fsp3) is 0.273. The molecule has 2 aliphatic heterocycles. The van der Waals surface area contributed by atoms with Gasteiger partial charge in [0.25, 0.3) is 0 Å². The zero-order valence-electron chi connectivity index (χ0n) is 25.0. The van der Waals surface area contributed by atoms with Gasteiger partial charge in [-0.1, -0.05) is 0 Å². The maximum atomic E-state index is 11.3. The second-order valence-electron chi connectivity index (χ2n) is 11.4. The molecular weight excluding hydrogens is 620 g/mol. The van der Waals surface area contributed by atoms with Gasteiger partial charge >= 0.3 is 0 Å². The van der Waals surface area contributed by atoms with Crippen LogP contribution in [-0.2, 0) is 19.3 Å². The molecule has 0 bridgehead atoms. The average molecular weight is 653 g/mol. The molecule has 14 heteroatoms. The van der Waals surface area contributed by atoms with Gasteiger partial charge in [-0.25, -0.2) is 0 Å². The number of phenolic OH excluding ortho intramolecular Hbond substituents is 8. The quantitative estimate of drug-likeness (QED) is 0.144. The van der Waals surface area contributed by atoms with Crippen LogP contribution in [0, 0.1) is 0 Å². The summed E-state index contributed by atoms with van der Waals surface area (Å²) in [6, 6.07) is 7.22. The first kappa shape index (κ1) is 31.4. The van der Waals surface area contributed by atoms with E-state index < -0.39 is 53.2 Å². The summed E-state index contributed by atoms with van der Waals surface area (Å²) in [7, 11) is 2.52. The summed E-state index contributed by atoms with van der Waals surface area (Å²) in [5.74, 6) is -3.73. The molecule has 0 aliphatic carbocycles. The smallest absolute Gasteiger partial charge is 0.202 e. The van der Waals surface area contributed by atoms with E-state index in [0.29, 0.717) is 0 Å². The number of fused-ring (bicyclic) bond motifs is 2. The Balaban J connectivity index is 1.36. The van der Waals surface area contributed by atoms with Crippen molar-refractivity contribution in [3.8, 4) is 69.0 Å². The van der Waals surface area contributed by atoms with Crippen LogP contribution in [0.25, 0.3) is 0 Å². The molecule has 14 nitrogen and oxygen atoms in total. The number of rotatable bonds is 6. The standard InChI is InChI=1S/C33H32O14/c1-44-32-21(37)3-12(4-22(32)38)29-26(42)9-17-27(46-29)11-20(36)14(28(17)43)7-15-18(34)10-19(35)16-8-25(41)30(47-31(15)16)13-5-23(39)33(45-2)24(40)6-13/h3-6,10-11,25-26,29-30,34-43H,7-9H2,1-2H3/t25-,26-,29+,30+/m0/s1. The first-order valence-corrected chi connectivity index (χ1v) is 14.3. The topological polar surface area (TPSA) is 239 Å². The number of methoxy groups -OCH3 is 2. The Bertz CT molecular complexity index is 1840. The summed E-state index contributed by atoms with van der Waals surface area (Å²) in [6.45, 7) is 0. The lowest BCUT2D eigenvalue weighted by Gasteiger charge is -2.34. The van der Waals surface area contributed by atoms with Gasteiger partial charge in [-0.3, -0.25) is 0 Å². The summed E-state index contributed by atoms with van der Waals surface area (Å²) in [5, 5.41) is 107. The van der Waals surface area contributed by atoms with Crippen LogP contribution in [0.5, 0.6) is 69.0 Å². The van der Waals surface area contributed by atoms with E-state index in [1.165, 1.54) is 44.6 Å². The number of benzene rings is 4. The van der Waals surface area contributed by atoms with E-state index in [1.54, 1.807) is 0 Å². The fourth-order valence-corrected chi connectivity index (χ4v) is 6.22. The lowest BCUT2D eigenvalue weighted by atomic mass is 9.88. The zero-order chi connectivity index (χ0) is 33.9. The number of aliphatic hydroxyl groups excluding tert-OH is 2. The van der Waals surface area contributed by atoms with Crippen LogP contribution >= 0.6 is 0 Å². The molecule has 0 fully saturated rings. The Hall–Kier alpha value is -5.60. The molecule has 248 valence electrons. The molecule has 6 rings (SSSR count). The van der Waals surface area contributed by atoms with E-state index in [-0.39, 0.29) is 92.9 Å². The van der Waals surface area contributed by atoms with Crippen molar-refractivity contribution in [2.75, 3.05) is 14.2 Å². The monoisotopic (exact) mass is 652 g/mol. The van der Waals surface area contributed by atoms with Gasteiger partial charge in [0.15, 0.2) is 35.2 Å². The summed E-state index contributed by atoms with van der Waals surface area (Å²) in [4.78, 5) is 0. The molecule has 10 N–H and O–H groups in total. The molecule has 2 heterocycles. The number of hydrogen-bond acceptors (Lipinski definition) is 14. The van der Waals surface area contributed by atoms with Crippen molar-refractivity contribution >= 4 is 0 Å². The van der Waals surface area contributed by atoms with Gasteiger partial charge in [-0.05, 0) is 24.3 Å². The highest BCUT2D eigenvalue weighted by Gasteiger charge is 2.38. The summed E-state index contributed by atoms with van der Waals surface area (Å²) in [6.07, 6.45) is -5.49. The molecule has 47 heavy (non-hydrogen) atoms. The molecule has 0 saturated carbocycles. The molecular formula is C33H32O14. The molecule has 4 atom stereocenters. The largest absolute Gasteiger partial charge is 0.507 e. The Morgan fingerprint density at radius 1 is 0.574 bits per heavy atom. The minimum absolute atomic E-state index is 0.0179. The number of aromatic hydroxyl groups is 8. The zero-order valence-corrected chi connectivity index (χ0v) is 25.0. The summed E-state index contributed by atoms with van der Waals surface area (Å²) in [5.41, 5.74) is 0.581. The van der Waals surface area contributed by atoms with E-state index >= 15 is 0 Å². The van der Waals surface area contributed by atoms with Crippen molar-refractivity contribution < 1.29 is 70.0 Å². The highest BCUT2D eigenvalue weighted by atomic mass is 16.5. The van der Waals surface area contributed by atoms with Crippen LogP contribution in [0.4, 0.5) is 0 Å². The molecule has 0 unspecified atom stereocenters. The lowest BCUT2D eigenvalue weighted by Crippen LogP contribution is -2.31. The van der Waals surface area contributed by atoms with Crippen molar-refractivity contribution in [1.29, 1.82) is 0 Å². The molecule has 4 aromatic carbocycles. The minimum Gasteiger partial charge on any atom is -0.507 e. The summed E-state index contributed by atoms with van der Waals surface area (Å²) < 4.78 is 21.9. The van der Waals surface area contributed by atoms with Crippen molar-refractivity contribution in [1.82, 2.24) is 0 Å². The average Bonchev–Trinajstić information content (AvgIpc) is 3.00. The molecule has 0 aromatic heterocycles. The van der Waals surface area contributed by atoms with Crippen LogP contribution in [0.2, 0.25) is 0 Å². The van der Waals surface area contributed by atoms with Gasteiger partial charge < -0.3 is 70.0 Å². The second kappa shape index (κ2) is 11.6. The molecule has 0 radical (unpaired) electrons. The van der Waals surface area contributed by atoms with Gasteiger partial charge in [-0.2, -0.15) is 0 Å². The fourth-order valence-electron chi connectivity index (χ4n) is 6.22. The second-order valence-corrected chi connectivity index (χ2v) is 11.4. The summed E-state index contributed by atoms with van der Waals surface area (Å²) >= 11 is 0. The number of hydrogen-bond donors (Lipinski definition) is 10. The highest BCUT2D eigenvalue weighted by Crippen LogP contribution is 2.51. The van der Waals surface area contributed by atoms with E-state index in [4.69, 9.17) is 18.9 Å². The van der Waals surface area contributed by atoms with Crippen LogP contribution in [0.3, 0.4) is 0 Å². The molecule has 0 spiro atoms. The van der Waals surface area contributed by atoms with E-state index in [9.17, 15) is 51.1 Å². The minimum atomic E-state index is -1.27. The molecule has 0 amide bonds. The number of aliphatic hydroxyl groups is 2. The van der Waals surface area contributed by atoms with Crippen LogP contribution < -0.4 is 18.9 Å². The predicted octanol–water partition coefficient (Wildman–Crippen LogP) is 3.01. The molecule has 2 aliphatic rings. The van der Waals surface area contributed by atoms with Gasteiger partial charge in [0.1, 0.15) is 34.5 Å². The first-order chi connectivity index (χ1) is 22.3. The van der Waals surface area contributed by atoms with Crippen molar-refractivity contribution in [2.24, 2.45) is 0 Å². The van der Waals surface area contributed by atoms with Gasteiger partial charge in [0, 0.05) is 64.8 Å². The Morgan fingerprint density at radius 2 is 1.04 bits per heavy atom.